The second-order valence-corrected chi connectivity index (χ2v) is 19.2. The van der Waals surface area contributed by atoms with Gasteiger partial charge in [-0.25, -0.2) is 0 Å². The Morgan fingerprint density at radius 1 is 0.934 bits per heavy atom. The average Bonchev–Trinajstić information content (AvgIpc) is 3.34. The van der Waals surface area contributed by atoms with Crippen molar-refractivity contribution in [3.05, 3.63) is 47.3 Å². The van der Waals surface area contributed by atoms with Crippen molar-refractivity contribution < 1.29 is 58.7 Å². The molecule has 2 saturated carbocycles. The van der Waals surface area contributed by atoms with Gasteiger partial charge in [0.25, 0.3) is 0 Å². The van der Waals surface area contributed by atoms with E-state index in [1.807, 2.05) is 26.0 Å². The molecule has 6 rings (SSSR count). The molecular weight excluding hydrogens is 781 g/mol. The minimum absolute atomic E-state index is 0.0413. The summed E-state index contributed by atoms with van der Waals surface area (Å²) in [6.07, 6.45) is 11.1. The van der Waals surface area contributed by atoms with Gasteiger partial charge in [0.15, 0.2) is 12.6 Å². The lowest BCUT2D eigenvalue weighted by Crippen LogP contribution is -2.54. The standard InChI is InChI=1S/C47H74O12.C2H6/c1-8-30(56-43-24-41(53)45(42(26-49)58-43)59-44-23-40(52)39(51)21-33(25-48)57-44)20-29-11-9-14-34-36(46(29,3)4)15-16-47(5)37(17-27(2)50)35(22-38(34)47)28-18-31(54-6)12-10-13-32(19-28)55-7;1-2/h10-13,18,30-31,33-45,48-49,51-53H,8-9,14-17,19-26H2,1-7H3;1-2H3/b12-10?,28-18+,32-13+;/t30?,31?,33?,34?,35?,36?,37?,38?,39-,40?,41?,42?,43?,44-,45+,47?;/m1./s1. The van der Waals surface area contributed by atoms with Crippen LogP contribution in [0.3, 0.4) is 0 Å². The molecule has 2 aliphatic heterocycles. The highest BCUT2D eigenvalue weighted by molar-refractivity contribution is 5.76. The number of ketones is 1. The molecule has 0 spiro atoms. The van der Waals surface area contributed by atoms with Crippen molar-refractivity contribution >= 4 is 5.78 Å². The van der Waals surface area contributed by atoms with Crippen molar-refractivity contribution in [2.24, 2.45) is 40.4 Å². The fourth-order valence-electron chi connectivity index (χ4n) is 12.1. The van der Waals surface area contributed by atoms with Crippen LogP contribution in [0.5, 0.6) is 0 Å². The maximum Gasteiger partial charge on any atom is 0.161 e. The van der Waals surface area contributed by atoms with Crippen LogP contribution in [0.1, 0.15) is 126 Å². The molecule has 13 unspecified atom stereocenters. The molecule has 0 aromatic carbocycles. The van der Waals surface area contributed by atoms with Gasteiger partial charge in [0.05, 0.1) is 62.7 Å². The first-order valence-electron chi connectivity index (χ1n) is 23.4. The second kappa shape index (κ2) is 22.3. The Hall–Kier alpha value is -1.97. The van der Waals surface area contributed by atoms with Gasteiger partial charge in [0.1, 0.15) is 18.0 Å². The molecule has 0 aromatic heterocycles. The van der Waals surface area contributed by atoms with Gasteiger partial charge in [-0.15, -0.1) is 0 Å². The molecule has 4 aliphatic carbocycles. The Morgan fingerprint density at radius 3 is 2.31 bits per heavy atom. The normalized spacial score (nSPS) is 42.2. The number of aliphatic hydroxyl groups is 5. The fraction of sp³-hybridized carbons (Fsp3) is 0.816. The predicted molar refractivity (Wildman–Crippen MR) is 233 cm³/mol. The average molecular weight is 861 g/mol. The minimum atomic E-state index is -1.13. The van der Waals surface area contributed by atoms with E-state index in [0.29, 0.717) is 24.2 Å². The first-order valence-corrected chi connectivity index (χ1v) is 23.4. The van der Waals surface area contributed by atoms with Crippen molar-refractivity contribution in [2.45, 2.75) is 187 Å². The van der Waals surface area contributed by atoms with Crippen LogP contribution in [0, 0.1) is 40.4 Å². The summed E-state index contributed by atoms with van der Waals surface area (Å²) in [6.45, 7) is 14.4. The van der Waals surface area contributed by atoms with Crippen molar-refractivity contribution in [2.75, 3.05) is 27.4 Å². The maximum absolute atomic E-state index is 13.0. The number of allylic oxidation sites excluding steroid dienone is 4. The molecule has 5 N–H and O–H groups in total. The predicted octanol–water partition coefficient (Wildman–Crippen LogP) is 6.71. The van der Waals surface area contributed by atoms with E-state index < -0.39 is 55.8 Å². The van der Waals surface area contributed by atoms with Crippen LogP contribution in [0.2, 0.25) is 0 Å². The monoisotopic (exact) mass is 861 g/mol. The highest BCUT2D eigenvalue weighted by atomic mass is 16.7. The van der Waals surface area contributed by atoms with E-state index in [4.69, 9.17) is 28.4 Å². The molecule has 0 radical (unpaired) electrons. The van der Waals surface area contributed by atoms with Crippen LogP contribution in [-0.2, 0) is 33.2 Å². The van der Waals surface area contributed by atoms with Gasteiger partial charge >= 0.3 is 0 Å². The van der Waals surface area contributed by atoms with Gasteiger partial charge in [-0.05, 0) is 98.4 Å². The summed E-state index contributed by atoms with van der Waals surface area (Å²) in [5, 5.41) is 52.0. The molecular formula is C49H80O12. The van der Waals surface area contributed by atoms with E-state index in [1.165, 1.54) is 11.1 Å². The third kappa shape index (κ3) is 11.5. The van der Waals surface area contributed by atoms with Crippen LogP contribution >= 0.6 is 0 Å². The summed E-state index contributed by atoms with van der Waals surface area (Å²) in [5.74, 6) is 3.16. The molecule has 0 amide bonds. The van der Waals surface area contributed by atoms with Crippen LogP contribution in [0.15, 0.2) is 47.3 Å². The number of carbonyl (C=O) groups is 1. The van der Waals surface area contributed by atoms with Crippen molar-refractivity contribution in [1.29, 1.82) is 0 Å². The number of Topliss-reactive ketones (excluding diaryl/α,β-unsaturated/α-hetero) is 1. The lowest BCUT2D eigenvalue weighted by atomic mass is 9.52. The Bertz CT molecular complexity index is 1540. The van der Waals surface area contributed by atoms with Gasteiger partial charge in [-0.2, -0.15) is 0 Å². The van der Waals surface area contributed by atoms with Gasteiger partial charge in [-0.1, -0.05) is 77.0 Å². The Kier molecular flexibility index (Phi) is 18.3. The number of ether oxygens (including phenoxy) is 6. The second-order valence-electron chi connectivity index (χ2n) is 19.2. The quantitative estimate of drug-likeness (QED) is 0.117. The third-order valence-electron chi connectivity index (χ3n) is 15.4. The highest BCUT2D eigenvalue weighted by Crippen LogP contribution is 2.67. The summed E-state index contributed by atoms with van der Waals surface area (Å²) >= 11 is 0. The number of fused-ring (bicyclic) bond motifs is 3. The van der Waals surface area contributed by atoms with Gasteiger partial charge in [0.2, 0.25) is 0 Å². The lowest BCUT2D eigenvalue weighted by Gasteiger charge is -2.53. The van der Waals surface area contributed by atoms with Gasteiger partial charge < -0.3 is 58.7 Å². The fourth-order valence-corrected chi connectivity index (χ4v) is 12.1. The summed E-state index contributed by atoms with van der Waals surface area (Å²) in [4.78, 5) is 13.0. The molecule has 6 aliphatic rings. The zero-order chi connectivity index (χ0) is 44.6. The smallest absolute Gasteiger partial charge is 0.161 e. The SMILES string of the molecule is CC.CCC(CC1=CCCC2C(CCC3(C)C(CC(C)=O)C(/C4=C/C(OC)C=C/C=C(/OC)C4)CC23)C1(C)C)OC1CC(O)[C@H](O[C@@H]2CC(O)[C@H](O)CC(CO)O2)C(CO)O1. The molecule has 12 heteroatoms. The van der Waals surface area contributed by atoms with E-state index in [1.54, 1.807) is 21.1 Å². The first-order chi connectivity index (χ1) is 29.1. The molecule has 348 valence electrons. The summed E-state index contributed by atoms with van der Waals surface area (Å²) < 4.78 is 36.4. The van der Waals surface area contributed by atoms with Crippen molar-refractivity contribution in [1.82, 2.24) is 0 Å². The molecule has 12 nitrogen and oxygen atoms in total. The van der Waals surface area contributed by atoms with Gasteiger partial charge in [0, 0.05) is 39.2 Å². The zero-order valence-electron chi connectivity index (χ0n) is 38.5. The van der Waals surface area contributed by atoms with Crippen LogP contribution < -0.4 is 0 Å². The van der Waals surface area contributed by atoms with Crippen LogP contribution in [0.4, 0.5) is 0 Å². The van der Waals surface area contributed by atoms with E-state index in [-0.39, 0.29) is 66.5 Å². The summed E-state index contributed by atoms with van der Waals surface area (Å²) in [6, 6.07) is 0. The summed E-state index contributed by atoms with van der Waals surface area (Å²) in [7, 11) is 3.48. The van der Waals surface area contributed by atoms with Crippen molar-refractivity contribution in [3.8, 4) is 0 Å². The number of hydrogen-bond donors (Lipinski definition) is 5. The molecule has 4 fully saturated rings. The maximum atomic E-state index is 13.0. The Balaban J connectivity index is 0.00000347. The molecule has 61 heavy (non-hydrogen) atoms. The van der Waals surface area contributed by atoms with E-state index in [0.717, 1.165) is 57.1 Å². The minimum Gasteiger partial charge on any atom is -0.501 e. The molecule has 2 saturated heterocycles. The number of hydrogen-bond acceptors (Lipinski definition) is 12. The number of rotatable bonds is 14. The van der Waals surface area contributed by atoms with E-state index in [2.05, 4.69) is 45.9 Å². The van der Waals surface area contributed by atoms with E-state index in [9.17, 15) is 30.3 Å². The van der Waals surface area contributed by atoms with E-state index >= 15 is 0 Å². The van der Waals surface area contributed by atoms with Crippen LogP contribution in [-0.4, -0.2) is 120 Å². The third-order valence-corrected chi connectivity index (χ3v) is 15.4. The number of carbonyl (C=O) groups excluding carboxylic acids is 1. The number of aliphatic hydroxyl groups excluding tert-OH is 5. The zero-order valence-corrected chi connectivity index (χ0v) is 38.5. The lowest BCUT2D eigenvalue weighted by molar-refractivity contribution is -0.307. The Morgan fingerprint density at radius 2 is 1.66 bits per heavy atom. The molecule has 2 heterocycles. The number of methoxy groups -OCH3 is 2. The topological polar surface area (TPSA) is 174 Å². The summed E-state index contributed by atoms with van der Waals surface area (Å²) in [5.41, 5.74) is 2.67. The Labute approximate surface area is 365 Å². The first kappa shape index (κ1) is 50.0. The van der Waals surface area contributed by atoms with Crippen LogP contribution in [0.25, 0.3) is 0 Å². The van der Waals surface area contributed by atoms with Gasteiger partial charge in [-0.3, -0.25) is 0 Å². The molecule has 0 aromatic rings. The molecule has 16 atom stereocenters. The highest BCUT2D eigenvalue weighted by Gasteiger charge is 2.60. The largest absolute Gasteiger partial charge is 0.501 e. The molecule has 0 bridgehead atoms. The van der Waals surface area contributed by atoms with Crippen molar-refractivity contribution in [3.63, 3.8) is 0 Å².